The van der Waals surface area contributed by atoms with E-state index in [1.165, 1.54) is 11.3 Å². The molecule has 0 spiro atoms. The molecule has 2 aromatic carbocycles. The third kappa shape index (κ3) is 3.73. The number of methoxy groups -OCH3 is 1. The molecule has 5 heteroatoms. The Balaban J connectivity index is 1.93. The van der Waals surface area contributed by atoms with Crippen LogP contribution in [0.5, 0.6) is 5.75 Å². The molecule has 0 radical (unpaired) electrons. The van der Waals surface area contributed by atoms with Gasteiger partial charge < -0.3 is 4.74 Å². The van der Waals surface area contributed by atoms with Crippen molar-refractivity contribution in [1.82, 2.24) is 4.98 Å². The number of allylic oxidation sites excluding steroid dienone is 1. The fourth-order valence-electron chi connectivity index (χ4n) is 2.18. The van der Waals surface area contributed by atoms with Crippen LogP contribution >= 0.6 is 27.3 Å². The zero-order valence-corrected chi connectivity index (χ0v) is 15.3. The number of hydrogen-bond donors (Lipinski definition) is 0. The second kappa shape index (κ2) is 7.43. The summed E-state index contributed by atoms with van der Waals surface area (Å²) in [5.41, 5.74) is 3.33. The van der Waals surface area contributed by atoms with Gasteiger partial charge in [-0.15, -0.1) is 11.3 Å². The molecular weight excluding hydrogens is 384 g/mol. The molecule has 0 aliphatic rings. The minimum atomic E-state index is 0.552. The fraction of sp³-hybridized carbons (Fsp3) is 0.0526. The van der Waals surface area contributed by atoms with Gasteiger partial charge in [0.1, 0.15) is 16.8 Å². The molecule has 3 nitrogen and oxygen atoms in total. The van der Waals surface area contributed by atoms with E-state index < -0.39 is 0 Å². The number of thiazole rings is 1. The van der Waals surface area contributed by atoms with Gasteiger partial charge in [0.05, 0.1) is 18.4 Å². The van der Waals surface area contributed by atoms with Crippen LogP contribution in [0.25, 0.3) is 22.9 Å². The maximum atomic E-state index is 9.48. The van der Waals surface area contributed by atoms with Crippen LogP contribution in [0, 0.1) is 11.3 Å². The van der Waals surface area contributed by atoms with Crippen molar-refractivity contribution in [3.63, 3.8) is 0 Å². The molecule has 0 fully saturated rings. The number of benzene rings is 2. The summed E-state index contributed by atoms with van der Waals surface area (Å²) in [5.74, 6) is 0.785. The van der Waals surface area contributed by atoms with Crippen LogP contribution in [0.3, 0.4) is 0 Å². The average molecular weight is 397 g/mol. The normalized spacial score (nSPS) is 11.1. The van der Waals surface area contributed by atoms with Crippen molar-refractivity contribution >= 4 is 38.9 Å². The molecule has 0 aliphatic heterocycles. The van der Waals surface area contributed by atoms with E-state index in [1.54, 1.807) is 7.11 Å². The lowest BCUT2D eigenvalue weighted by molar-refractivity contribution is 0.415. The maximum absolute atomic E-state index is 9.48. The van der Waals surface area contributed by atoms with Crippen molar-refractivity contribution < 1.29 is 4.74 Å². The Hall–Kier alpha value is -2.42. The Bertz CT molecular complexity index is 923. The first-order chi connectivity index (χ1) is 11.7. The molecule has 0 amide bonds. The fourth-order valence-corrected chi connectivity index (χ4v) is 3.24. The quantitative estimate of drug-likeness (QED) is 0.535. The van der Waals surface area contributed by atoms with Gasteiger partial charge in [-0.25, -0.2) is 4.98 Å². The molecule has 0 N–H and O–H groups in total. The lowest BCUT2D eigenvalue weighted by atomic mass is 10.1. The van der Waals surface area contributed by atoms with Crippen LogP contribution in [0.15, 0.2) is 58.4 Å². The Morgan fingerprint density at radius 3 is 2.75 bits per heavy atom. The van der Waals surface area contributed by atoms with Crippen molar-refractivity contribution in [2.45, 2.75) is 0 Å². The number of nitriles is 1. The van der Waals surface area contributed by atoms with Crippen LogP contribution in [0.4, 0.5) is 0 Å². The first kappa shape index (κ1) is 16.4. The van der Waals surface area contributed by atoms with E-state index in [4.69, 9.17) is 4.74 Å². The highest BCUT2D eigenvalue weighted by molar-refractivity contribution is 9.10. The van der Waals surface area contributed by atoms with Crippen molar-refractivity contribution in [3.05, 3.63) is 69.0 Å². The monoisotopic (exact) mass is 396 g/mol. The SMILES string of the molecule is COc1cccc(-c2csc(C(C#N)=Cc3ccc(Br)cc3)n2)c1. The van der Waals surface area contributed by atoms with Gasteiger partial charge in [-0.2, -0.15) is 5.26 Å². The van der Waals surface area contributed by atoms with Gasteiger partial charge in [0.15, 0.2) is 0 Å². The predicted octanol–water partition coefficient (Wildman–Crippen LogP) is 5.65. The summed E-state index contributed by atoms with van der Waals surface area (Å²) in [6.45, 7) is 0. The van der Waals surface area contributed by atoms with E-state index in [0.29, 0.717) is 10.6 Å². The summed E-state index contributed by atoms with van der Waals surface area (Å²) < 4.78 is 6.26. The van der Waals surface area contributed by atoms with Crippen LogP contribution in [0.2, 0.25) is 0 Å². The second-order valence-electron chi connectivity index (χ2n) is 4.99. The number of ether oxygens (including phenoxy) is 1. The van der Waals surface area contributed by atoms with E-state index in [1.807, 2.05) is 60.0 Å². The number of aromatic nitrogens is 1. The summed E-state index contributed by atoms with van der Waals surface area (Å²) >= 11 is 4.87. The Labute approximate surface area is 153 Å². The zero-order valence-electron chi connectivity index (χ0n) is 12.9. The van der Waals surface area contributed by atoms with Crippen molar-refractivity contribution in [1.29, 1.82) is 5.26 Å². The number of rotatable bonds is 4. The number of halogens is 1. The van der Waals surface area contributed by atoms with Gasteiger partial charge >= 0.3 is 0 Å². The largest absolute Gasteiger partial charge is 0.497 e. The summed E-state index contributed by atoms with van der Waals surface area (Å²) in [6, 6.07) is 17.8. The minimum Gasteiger partial charge on any atom is -0.497 e. The number of nitrogens with zero attached hydrogens (tertiary/aromatic N) is 2. The number of hydrogen-bond acceptors (Lipinski definition) is 4. The highest BCUT2D eigenvalue weighted by Crippen LogP contribution is 2.29. The second-order valence-corrected chi connectivity index (χ2v) is 6.77. The third-order valence-corrected chi connectivity index (χ3v) is 4.81. The zero-order chi connectivity index (χ0) is 16.9. The molecule has 0 bridgehead atoms. The smallest absolute Gasteiger partial charge is 0.134 e. The van der Waals surface area contributed by atoms with E-state index in [9.17, 15) is 5.26 Å². The highest BCUT2D eigenvalue weighted by Gasteiger charge is 2.09. The van der Waals surface area contributed by atoms with Crippen LogP contribution in [-0.2, 0) is 0 Å². The molecule has 0 atom stereocenters. The van der Waals surface area contributed by atoms with Crippen molar-refractivity contribution in [3.8, 4) is 23.1 Å². The Kier molecular flexibility index (Phi) is 5.09. The predicted molar refractivity (Wildman–Crippen MR) is 102 cm³/mol. The topological polar surface area (TPSA) is 45.9 Å². The maximum Gasteiger partial charge on any atom is 0.134 e. The first-order valence-electron chi connectivity index (χ1n) is 7.17. The molecule has 0 aliphatic carbocycles. The molecule has 0 saturated carbocycles. The molecule has 0 saturated heterocycles. The molecule has 24 heavy (non-hydrogen) atoms. The van der Waals surface area contributed by atoms with Gasteiger partial charge in [-0.1, -0.05) is 40.2 Å². The summed E-state index contributed by atoms with van der Waals surface area (Å²) in [7, 11) is 1.64. The molecule has 118 valence electrons. The molecule has 3 rings (SSSR count). The average Bonchev–Trinajstić information content (AvgIpc) is 3.11. The summed E-state index contributed by atoms with van der Waals surface area (Å²) in [5, 5.41) is 12.1. The summed E-state index contributed by atoms with van der Waals surface area (Å²) in [4.78, 5) is 4.60. The Morgan fingerprint density at radius 1 is 1.25 bits per heavy atom. The van der Waals surface area contributed by atoms with Crippen LogP contribution < -0.4 is 4.74 Å². The summed E-state index contributed by atoms with van der Waals surface area (Å²) in [6.07, 6.45) is 1.85. The lowest BCUT2D eigenvalue weighted by Gasteiger charge is -2.01. The molecular formula is C19H13BrN2OS. The van der Waals surface area contributed by atoms with Gasteiger partial charge in [0.2, 0.25) is 0 Å². The minimum absolute atomic E-state index is 0.552. The highest BCUT2D eigenvalue weighted by atomic mass is 79.9. The van der Waals surface area contributed by atoms with Gasteiger partial charge in [-0.3, -0.25) is 0 Å². The molecule has 1 aromatic heterocycles. The van der Waals surface area contributed by atoms with E-state index >= 15 is 0 Å². The van der Waals surface area contributed by atoms with E-state index in [2.05, 4.69) is 27.0 Å². The van der Waals surface area contributed by atoms with Crippen molar-refractivity contribution in [2.75, 3.05) is 7.11 Å². The van der Waals surface area contributed by atoms with Gasteiger partial charge in [0, 0.05) is 15.4 Å². The molecule has 3 aromatic rings. The Morgan fingerprint density at radius 2 is 2.04 bits per heavy atom. The van der Waals surface area contributed by atoms with E-state index in [0.717, 1.165) is 27.0 Å². The standard InChI is InChI=1S/C19H13BrN2OS/c1-23-17-4-2-3-14(10-17)18-12-24-19(22-18)15(11-21)9-13-5-7-16(20)8-6-13/h2-10,12H,1H3. The van der Waals surface area contributed by atoms with Crippen molar-refractivity contribution in [2.24, 2.45) is 0 Å². The lowest BCUT2D eigenvalue weighted by Crippen LogP contribution is -1.85. The van der Waals surface area contributed by atoms with Crippen LogP contribution in [-0.4, -0.2) is 12.1 Å². The molecule has 0 unspecified atom stereocenters. The van der Waals surface area contributed by atoms with E-state index in [-0.39, 0.29) is 0 Å². The molecule has 1 heterocycles. The first-order valence-corrected chi connectivity index (χ1v) is 8.84. The van der Waals surface area contributed by atoms with Gasteiger partial charge in [-0.05, 0) is 35.9 Å². The third-order valence-electron chi connectivity index (χ3n) is 3.40. The van der Waals surface area contributed by atoms with Gasteiger partial charge in [0.25, 0.3) is 0 Å². The van der Waals surface area contributed by atoms with Crippen LogP contribution in [0.1, 0.15) is 10.6 Å².